The molecule has 172 valence electrons. The number of carbonyl (C=O) groups excluding carboxylic acids is 1. The van der Waals surface area contributed by atoms with E-state index < -0.39 is 27.7 Å². The summed E-state index contributed by atoms with van der Waals surface area (Å²) in [5, 5.41) is 2.81. The Morgan fingerprint density at radius 1 is 0.909 bits per heavy atom. The van der Waals surface area contributed by atoms with Gasteiger partial charge in [-0.05, 0) is 66.2 Å². The molecule has 0 aliphatic heterocycles. The topological polar surface area (TPSA) is 75.3 Å². The van der Waals surface area contributed by atoms with Crippen LogP contribution in [0.5, 0.6) is 0 Å². The number of carbonyl (C=O) groups is 1. The minimum Gasteiger partial charge on any atom is -0.322 e. The van der Waals surface area contributed by atoms with Crippen LogP contribution >= 0.6 is 23.2 Å². The molecule has 1 amide bonds. The van der Waals surface area contributed by atoms with Crippen molar-refractivity contribution in [3.05, 3.63) is 94.0 Å². The minimum atomic E-state index is -4.50. The highest BCUT2D eigenvalue weighted by atomic mass is 35.5. The van der Waals surface area contributed by atoms with Crippen LogP contribution in [-0.2, 0) is 21.0 Å². The Balaban J connectivity index is 1.76. The summed E-state index contributed by atoms with van der Waals surface area (Å²) in [6, 6.07) is 14.3. The lowest BCUT2D eigenvalue weighted by atomic mass is 10.1. The number of anilines is 2. The number of nitrogens with one attached hydrogen (secondary N) is 2. The van der Waals surface area contributed by atoms with Gasteiger partial charge in [-0.25, -0.2) is 8.42 Å². The first-order chi connectivity index (χ1) is 15.4. The normalized spacial score (nSPS) is 12.0. The largest absolute Gasteiger partial charge is 0.416 e. The van der Waals surface area contributed by atoms with Crippen LogP contribution in [0.25, 0.3) is 6.08 Å². The van der Waals surface area contributed by atoms with Gasteiger partial charge in [-0.15, -0.1) is 0 Å². The first-order valence-electron chi connectivity index (χ1n) is 9.18. The van der Waals surface area contributed by atoms with E-state index in [-0.39, 0.29) is 26.9 Å². The Bertz CT molecular complexity index is 1310. The fourth-order valence-electron chi connectivity index (χ4n) is 2.69. The molecule has 0 fully saturated rings. The van der Waals surface area contributed by atoms with E-state index in [2.05, 4.69) is 10.0 Å². The summed E-state index contributed by atoms with van der Waals surface area (Å²) in [5.41, 5.74) is -0.291. The Labute approximate surface area is 197 Å². The van der Waals surface area contributed by atoms with Crippen LogP contribution < -0.4 is 10.0 Å². The van der Waals surface area contributed by atoms with Crippen LogP contribution in [0.3, 0.4) is 0 Å². The molecule has 0 heterocycles. The van der Waals surface area contributed by atoms with Crippen LogP contribution in [0.2, 0.25) is 10.0 Å². The third kappa shape index (κ3) is 6.74. The first kappa shape index (κ1) is 24.6. The fourth-order valence-corrected chi connectivity index (χ4v) is 4.40. The zero-order valence-electron chi connectivity index (χ0n) is 16.5. The number of rotatable bonds is 6. The third-order valence-corrected chi connectivity index (χ3v) is 6.34. The molecule has 0 aromatic heterocycles. The van der Waals surface area contributed by atoms with E-state index in [4.69, 9.17) is 23.2 Å². The molecule has 11 heteroatoms. The van der Waals surface area contributed by atoms with Gasteiger partial charge < -0.3 is 5.32 Å². The van der Waals surface area contributed by atoms with Gasteiger partial charge in [-0.1, -0.05) is 35.3 Å². The van der Waals surface area contributed by atoms with Crippen molar-refractivity contribution >= 4 is 56.6 Å². The molecule has 2 N–H and O–H groups in total. The highest BCUT2D eigenvalue weighted by Gasteiger charge is 2.30. The van der Waals surface area contributed by atoms with Crippen LogP contribution in [0.15, 0.2) is 77.7 Å². The highest BCUT2D eigenvalue weighted by Crippen LogP contribution is 2.30. The van der Waals surface area contributed by atoms with Crippen molar-refractivity contribution in [1.29, 1.82) is 0 Å². The van der Waals surface area contributed by atoms with Crippen molar-refractivity contribution in [1.82, 2.24) is 0 Å². The van der Waals surface area contributed by atoms with Crippen LogP contribution in [0.1, 0.15) is 11.1 Å². The summed E-state index contributed by atoms with van der Waals surface area (Å²) in [4.78, 5) is 11.9. The van der Waals surface area contributed by atoms with E-state index >= 15 is 0 Å². The van der Waals surface area contributed by atoms with Crippen molar-refractivity contribution in [2.24, 2.45) is 0 Å². The van der Waals surface area contributed by atoms with Gasteiger partial charge in [0.05, 0.1) is 10.6 Å². The smallest absolute Gasteiger partial charge is 0.322 e. The number of hydrogen-bond acceptors (Lipinski definition) is 3. The maximum Gasteiger partial charge on any atom is 0.416 e. The van der Waals surface area contributed by atoms with Crippen molar-refractivity contribution in [3.63, 3.8) is 0 Å². The quantitative estimate of drug-likeness (QED) is 0.370. The van der Waals surface area contributed by atoms with Crippen LogP contribution in [0, 0.1) is 0 Å². The molecule has 0 atom stereocenters. The summed E-state index contributed by atoms with van der Waals surface area (Å²) in [5.74, 6) is -0.677. The molecule has 5 nitrogen and oxygen atoms in total. The Hall–Kier alpha value is -3.01. The molecule has 0 aliphatic rings. The third-order valence-electron chi connectivity index (χ3n) is 4.23. The van der Waals surface area contributed by atoms with Gasteiger partial charge in [0, 0.05) is 22.5 Å². The number of amides is 1. The minimum absolute atomic E-state index is 0.0750. The second-order valence-corrected chi connectivity index (χ2v) is 9.20. The van der Waals surface area contributed by atoms with Gasteiger partial charge in [-0.2, -0.15) is 13.2 Å². The molecule has 33 heavy (non-hydrogen) atoms. The predicted molar refractivity (Wildman–Crippen MR) is 123 cm³/mol. The predicted octanol–water partition coefficient (Wildman–Crippen LogP) is 6.46. The lowest BCUT2D eigenvalue weighted by molar-refractivity contribution is -0.137. The first-order valence-corrected chi connectivity index (χ1v) is 11.4. The van der Waals surface area contributed by atoms with Crippen LogP contribution in [0.4, 0.5) is 24.5 Å². The van der Waals surface area contributed by atoms with Gasteiger partial charge in [-0.3, -0.25) is 9.52 Å². The van der Waals surface area contributed by atoms with E-state index in [1.54, 1.807) is 0 Å². The number of alkyl halides is 3. The average Bonchev–Trinajstić information content (AvgIpc) is 2.74. The lowest BCUT2D eigenvalue weighted by Crippen LogP contribution is -2.14. The van der Waals surface area contributed by atoms with Gasteiger partial charge in [0.15, 0.2) is 0 Å². The summed E-state index contributed by atoms with van der Waals surface area (Å²) in [7, 11) is -4.09. The van der Waals surface area contributed by atoms with E-state index in [1.807, 2.05) is 0 Å². The average molecular weight is 515 g/mol. The van der Waals surface area contributed by atoms with Crippen molar-refractivity contribution < 1.29 is 26.4 Å². The fraction of sp³-hybridized carbons (Fsp3) is 0.0455. The maximum absolute atomic E-state index is 12.8. The lowest BCUT2D eigenvalue weighted by Gasteiger charge is -2.11. The van der Waals surface area contributed by atoms with Crippen LogP contribution in [-0.4, -0.2) is 14.3 Å². The zero-order chi connectivity index (χ0) is 24.2. The van der Waals surface area contributed by atoms with E-state index in [9.17, 15) is 26.4 Å². The van der Waals surface area contributed by atoms with Gasteiger partial charge >= 0.3 is 6.18 Å². The molecule has 3 aromatic carbocycles. The maximum atomic E-state index is 12.8. The molecule has 3 rings (SSSR count). The molecule has 0 saturated heterocycles. The van der Waals surface area contributed by atoms with E-state index in [0.717, 1.165) is 24.3 Å². The molecule has 0 unspecified atom stereocenters. The summed E-state index contributed by atoms with van der Waals surface area (Å²) in [6.45, 7) is 0. The molecular weight excluding hydrogens is 500 g/mol. The molecule has 0 aliphatic carbocycles. The summed E-state index contributed by atoms with van der Waals surface area (Å²) in [6.07, 6.45) is -2.26. The Kier molecular flexibility index (Phi) is 7.36. The number of halogens is 5. The SMILES string of the molecule is O=C(/C=C/c1cccc(C(F)(F)F)c1)Nc1ccc(Cl)c(S(=O)(=O)Nc2ccc(Cl)cc2)c1. The Morgan fingerprint density at radius 2 is 1.58 bits per heavy atom. The Morgan fingerprint density at radius 3 is 2.24 bits per heavy atom. The second kappa shape index (κ2) is 9.86. The van der Waals surface area contributed by atoms with Gasteiger partial charge in [0.1, 0.15) is 4.90 Å². The highest BCUT2D eigenvalue weighted by molar-refractivity contribution is 7.92. The van der Waals surface area contributed by atoms with Crippen molar-refractivity contribution in [2.75, 3.05) is 10.0 Å². The van der Waals surface area contributed by atoms with Crippen molar-refractivity contribution in [3.8, 4) is 0 Å². The summed E-state index contributed by atoms with van der Waals surface area (Å²) < 4.78 is 66.2. The van der Waals surface area contributed by atoms with Gasteiger partial charge in [0.2, 0.25) is 5.91 Å². The monoisotopic (exact) mass is 514 g/mol. The number of benzene rings is 3. The molecule has 0 spiro atoms. The standard InChI is InChI=1S/C22H15Cl2F3N2O3S/c23-16-5-7-17(8-6-16)29-33(31,32)20-13-18(9-10-19(20)24)28-21(30)11-4-14-2-1-3-15(12-14)22(25,26)27/h1-13,29H,(H,28,30)/b11-4+. The zero-order valence-corrected chi connectivity index (χ0v) is 18.9. The molecule has 0 saturated carbocycles. The van der Waals surface area contributed by atoms with Gasteiger partial charge in [0.25, 0.3) is 10.0 Å². The summed E-state index contributed by atoms with van der Waals surface area (Å²) >= 11 is 11.8. The molecule has 3 aromatic rings. The second-order valence-electron chi connectivity index (χ2n) is 6.70. The molecule has 0 bridgehead atoms. The number of hydrogen-bond donors (Lipinski definition) is 2. The van der Waals surface area contributed by atoms with Crippen molar-refractivity contribution in [2.45, 2.75) is 11.1 Å². The van der Waals surface area contributed by atoms with E-state index in [1.165, 1.54) is 54.6 Å². The molecular formula is C22H15Cl2F3N2O3S. The van der Waals surface area contributed by atoms with E-state index in [0.29, 0.717) is 5.02 Å². The number of sulfonamides is 1. The molecule has 0 radical (unpaired) electrons.